The molecular formula is C11H11N3O. The number of nitriles is 1. The van der Waals surface area contributed by atoms with Crippen LogP contribution < -0.4 is 5.69 Å². The van der Waals surface area contributed by atoms with Crippen LogP contribution in [0.5, 0.6) is 0 Å². The Hall–Kier alpha value is -2.02. The molecule has 1 aromatic carbocycles. The van der Waals surface area contributed by atoms with Crippen molar-refractivity contribution in [3.63, 3.8) is 0 Å². The molecule has 2 aromatic rings. The maximum Gasteiger partial charge on any atom is 0.329 e. The minimum absolute atomic E-state index is 0.0982. The second-order valence-corrected chi connectivity index (χ2v) is 3.53. The summed E-state index contributed by atoms with van der Waals surface area (Å²) in [6.07, 6.45) is 0. The molecule has 0 atom stereocenters. The summed E-state index contributed by atoms with van der Waals surface area (Å²) in [5.41, 5.74) is 2.60. The average Bonchev–Trinajstić information content (AvgIpc) is 2.46. The number of para-hydroxylation sites is 1. The quantitative estimate of drug-likeness (QED) is 0.695. The van der Waals surface area contributed by atoms with Crippen molar-refractivity contribution in [2.45, 2.75) is 13.5 Å². The van der Waals surface area contributed by atoms with Crippen LogP contribution in [-0.2, 0) is 13.6 Å². The van der Waals surface area contributed by atoms with Gasteiger partial charge < -0.3 is 0 Å². The molecule has 0 aliphatic rings. The highest BCUT2D eigenvalue weighted by Crippen LogP contribution is 2.16. The summed E-state index contributed by atoms with van der Waals surface area (Å²) in [6, 6.07) is 7.74. The molecule has 0 bridgehead atoms. The van der Waals surface area contributed by atoms with Gasteiger partial charge in [0.15, 0.2) is 0 Å². The van der Waals surface area contributed by atoms with Gasteiger partial charge in [0, 0.05) is 7.05 Å². The largest absolute Gasteiger partial charge is 0.329 e. The summed E-state index contributed by atoms with van der Waals surface area (Å²) in [5.74, 6) is 0. The fourth-order valence-electron chi connectivity index (χ4n) is 1.86. The van der Waals surface area contributed by atoms with E-state index in [-0.39, 0.29) is 12.2 Å². The zero-order valence-electron chi connectivity index (χ0n) is 8.69. The summed E-state index contributed by atoms with van der Waals surface area (Å²) >= 11 is 0. The van der Waals surface area contributed by atoms with Gasteiger partial charge in [-0.3, -0.25) is 9.13 Å². The van der Waals surface area contributed by atoms with Gasteiger partial charge >= 0.3 is 5.69 Å². The van der Waals surface area contributed by atoms with E-state index in [1.54, 1.807) is 11.6 Å². The summed E-state index contributed by atoms with van der Waals surface area (Å²) in [6.45, 7) is 2.04. The number of hydrogen-bond acceptors (Lipinski definition) is 2. The zero-order chi connectivity index (χ0) is 11.0. The fraction of sp³-hybridized carbons (Fsp3) is 0.273. The van der Waals surface area contributed by atoms with E-state index in [2.05, 4.69) is 0 Å². The third-order valence-corrected chi connectivity index (χ3v) is 2.59. The van der Waals surface area contributed by atoms with E-state index in [0.717, 1.165) is 16.6 Å². The van der Waals surface area contributed by atoms with Gasteiger partial charge in [0.1, 0.15) is 6.54 Å². The van der Waals surface area contributed by atoms with Crippen LogP contribution in [0.25, 0.3) is 11.0 Å². The fourth-order valence-corrected chi connectivity index (χ4v) is 1.86. The summed E-state index contributed by atoms with van der Waals surface area (Å²) in [4.78, 5) is 11.8. The SMILES string of the molecule is Cc1cccc2c1n(CC#N)c(=O)n2C. The Kier molecular flexibility index (Phi) is 2.09. The lowest BCUT2D eigenvalue weighted by Crippen LogP contribution is -2.21. The summed E-state index contributed by atoms with van der Waals surface area (Å²) in [5, 5.41) is 8.68. The van der Waals surface area contributed by atoms with E-state index in [0.29, 0.717) is 0 Å². The highest BCUT2D eigenvalue weighted by molar-refractivity contribution is 5.79. The van der Waals surface area contributed by atoms with Crippen LogP contribution in [0.1, 0.15) is 5.56 Å². The first kappa shape index (κ1) is 9.53. The van der Waals surface area contributed by atoms with Crippen LogP contribution in [0.4, 0.5) is 0 Å². The first-order valence-electron chi connectivity index (χ1n) is 4.68. The minimum atomic E-state index is -0.138. The molecule has 2 rings (SSSR count). The van der Waals surface area contributed by atoms with Gasteiger partial charge in [-0.05, 0) is 18.6 Å². The molecule has 0 spiro atoms. The number of aryl methyl sites for hydroxylation is 2. The average molecular weight is 201 g/mol. The van der Waals surface area contributed by atoms with E-state index in [1.165, 1.54) is 4.57 Å². The van der Waals surface area contributed by atoms with Crippen LogP contribution in [0, 0.1) is 18.3 Å². The monoisotopic (exact) mass is 201 g/mol. The number of nitrogens with zero attached hydrogens (tertiary/aromatic N) is 3. The Labute approximate surface area is 87.0 Å². The zero-order valence-corrected chi connectivity index (χ0v) is 8.69. The molecule has 1 heterocycles. The molecule has 0 unspecified atom stereocenters. The number of fused-ring (bicyclic) bond motifs is 1. The highest BCUT2D eigenvalue weighted by atomic mass is 16.1. The minimum Gasteiger partial charge on any atom is -0.295 e. The molecule has 0 fully saturated rings. The third-order valence-electron chi connectivity index (χ3n) is 2.59. The number of hydrogen-bond donors (Lipinski definition) is 0. The molecule has 0 N–H and O–H groups in total. The lowest BCUT2D eigenvalue weighted by molar-refractivity contribution is 0.754. The second-order valence-electron chi connectivity index (χ2n) is 3.53. The Balaban J connectivity index is 2.97. The first-order chi connectivity index (χ1) is 7.16. The Morgan fingerprint density at radius 3 is 2.87 bits per heavy atom. The second kappa shape index (κ2) is 3.28. The molecule has 0 aliphatic heterocycles. The lowest BCUT2D eigenvalue weighted by atomic mass is 10.2. The van der Waals surface area contributed by atoms with Crippen molar-refractivity contribution >= 4 is 11.0 Å². The van der Waals surface area contributed by atoms with Crippen LogP contribution in [0.2, 0.25) is 0 Å². The molecule has 0 amide bonds. The van der Waals surface area contributed by atoms with Crippen molar-refractivity contribution < 1.29 is 0 Å². The normalized spacial score (nSPS) is 10.5. The standard InChI is InChI=1S/C11H11N3O/c1-8-4-3-5-9-10(8)14(7-6-12)11(15)13(9)2/h3-5H,7H2,1-2H3. The van der Waals surface area contributed by atoms with Crippen molar-refractivity contribution in [3.05, 3.63) is 34.2 Å². The van der Waals surface area contributed by atoms with Gasteiger partial charge in [-0.15, -0.1) is 0 Å². The van der Waals surface area contributed by atoms with E-state index in [4.69, 9.17) is 5.26 Å². The Morgan fingerprint density at radius 1 is 1.47 bits per heavy atom. The molecular weight excluding hydrogens is 190 g/mol. The topological polar surface area (TPSA) is 50.7 Å². The van der Waals surface area contributed by atoms with Crippen molar-refractivity contribution in [3.8, 4) is 6.07 Å². The van der Waals surface area contributed by atoms with Gasteiger partial charge in [0.05, 0.1) is 17.1 Å². The van der Waals surface area contributed by atoms with Gasteiger partial charge in [0.25, 0.3) is 0 Å². The van der Waals surface area contributed by atoms with Crippen LogP contribution in [0.15, 0.2) is 23.0 Å². The van der Waals surface area contributed by atoms with Gasteiger partial charge in [-0.1, -0.05) is 12.1 Å². The Bertz CT molecular complexity index is 613. The molecule has 0 saturated carbocycles. The lowest BCUT2D eigenvalue weighted by Gasteiger charge is -1.99. The molecule has 15 heavy (non-hydrogen) atoms. The molecule has 1 aromatic heterocycles. The number of imidazole rings is 1. The third kappa shape index (κ3) is 1.24. The van der Waals surface area contributed by atoms with Crippen molar-refractivity contribution in [2.24, 2.45) is 7.05 Å². The van der Waals surface area contributed by atoms with Gasteiger partial charge in [-0.2, -0.15) is 5.26 Å². The van der Waals surface area contributed by atoms with Gasteiger partial charge in [0.2, 0.25) is 0 Å². The highest BCUT2D eigenvalue weighted by Gasteiger charge is 2.11. The smallest absolute Gasteiger partial charge is 0.295 e. The molecule has 0 aliphatic carbocycles. The van der Waals surface area contributed by atoms with Gasteiger partial charge in [-0.25, -0.2) is 4.79 Å². The van der Waals surface area contributed by atoms with E-state index in [1.807, 2.05) is 31.2 Å². The molecule has 4 nitrogen and oxygen atoms in total. The predicted molar refractivity (Wildman–Crippen MR) is 57.5 cm³/mol. The Morgan fingerprint density at radius 2 is 2.20 bits per heavy atom. The molecule has 4 heteroatoms. The predicted octanol–water partition coefficient (Wildman–Crippen LogP) is 1.17. The van der Waals surface area contributed by atoms with Crippen LogP contribution in [-0.4, -0.2) is 9.13 Å². The van der Waals surface area contributed by atoms with Crippen LogP contribution >= 0.6 is 0 Å². The number of aromatic nitrogens is 2. The molecule has 76 valence electrons. The van der Waals surface area contributed by atoms with Crippen LogP contribution in [0.3, 0.4) is 0 Å². The van der Waals surface area contributed by atoms with Crippen molar-refractivity contribution in [1.29, 1.82) is 5.26 Å². The number of rotatable bonds is 1. The maximum atomic E-state index is 11.8. The number of benzene rings is 1. The van der Waals surface area contributed by atoms with E-state index < -0.39 is 0 Å². The maximum absolute atomic E-state index is 11.8. The summed E-state index contributed by atoms with van der Waals surface area (Å²) in [7, 11) is 1.72. The molecule has 0 saturated heterocycles. The first-order valence-corrected chi connectivity index (χ1v) is 4.68. The molecule has 0 radical (unpaired) electrons. The van der Waals surface area contributed by atoms with E-state index in [9.17, 15) is 4.79 Å². The van der Waals surface area contributed by atoms with E-state index >= 15 is 0 Å². The van der Waals surface area contributed by atoms with Crippen molar-refractivity contribution in [2.75, 3.05) is 0 Å². The van der Waals surface area contributed by atoms with Crippen molar-refractivity contribution in [1.82, 2.24) is 9.13 Å². The summed E-state index contributed by atoms with van der Waals surface area (Å²) < 4.78 is 3.07.